The van der Waals surface area contributed by atoms with Crippen molar-refractivity contribution in [1.82, 2.24) is 0 Å². The summed E-state index contributed by atoms with van der Waals surface area (Å²) < 4.78 is 5.16. The Hall–Kier alpha value is -1.25. The molecular weight excluding hydrogens is 130 g/mol. The van der Waals surface area contributed by atoms with Gasteiger partial charge in [0.25, 0.3) is 0 Å². The van der Waals surface area contributed by atoms with Gasteiger partial charge in [-0.15, -0.1) is 0 Å². The van der Waals surface area contributed by atoms with E-state index in [9.17, 15) is 0 Å². The molecule has 1 heterocycles. The minimum Gasteiger partial charge on any atom is -0.460 e. The van der Waals surface area contributed by atoms with Crippen molar-refractivity contribution in [1.29, 1.82) is 0 Å². The zero-order valence-electron chi connectivity index (χ0n) is 6.00. The Balaban J connectivity index is 2.67. The van der Waals surface area contributed by atoms with Crippen molar-refractivity contribution in [3.8, 4) is 0 Å². The highest BCUT2D eigenvalue weighted by Crippen LogP contribution is 2.02. The Morgan fingerprint density at radius 1 is 1.60 bits per heavy atom. The van der Waals surface area contributed by atoms with Crippen LogP contribution in [0.5, 0.6) is 0 Å². The lowest BCUT2D eigenvalue weighted by molar-refractivity contribution is 0.215. The maximum Gasteiger partial charge on any atom is 0.148 e. The standard InChI is InChI=1S/C7H9NO2/c1-6-3-4-7(10-6)5-8-9-2/h3-5H,1-2H3. The van der Waals surface area contributed by atoms with Crippen LogP contribution in [0.15, 0.2) is 21.7 Å². The number of hydrogen-bond donors (Lipinski definition) is 0. The summed E-state index contributed by atoms with van der Waals surface area (Å²) in [7, 11) is 1.49. The predicted octanol–water partition coefficient (Wildman–Crippen LogP) is 1.57. The lowest BCUT2D eigenvalue weighted by atomic mass is 10.4. The van der Waals surface area contributed by atoms with Gasteiger partial charge in [0.2, 0.25) is 0 Å². The molecule has 0 unspecified atom stereocenters. The van der Waals surface area contributed by atoms with Gasteiger partial charge < -0.3 is 9.25 Å². The fourth-order valence-electron chi connectivity index (χ4n) is 0.627. The second-order valence-electron chi connectivity index (χ2n) is 1.87. The molecule has 3 heteroatoms. The average Bonchev–Trinajstić information content (AvgIpc) is 2.31. The van der Waals surface area contributed by atoms with Gasteiger partial charge in [0, 0.05) is 0 Å². The van der Waals surface area contributed by atoms with E-state index in [-0.39, 0.29) is 0 Å². The number of rotatable bonds is 2. The number of aryl methyl sites for hydroxylation is 1. The number of oxime groups is 1. The van der Waals surface area contributed by atoms with Gasteiger partial charge in [0.1, 0.15) is 24.8 Å². The zero-order valence-corrected chi connectivity index (χ0v) is 6.00. The molecule has 3 nitrogen and oxygen atoms in total. The van der Waals surface area contributed by atoms with Crippen LogP contribution in [0.2, 0.25) is 0 Å². The van der Waals surface area contributed by atoms with Crippen LogP contribution in [0, 0.1) is 6.92 Å². The smallest absolute Gasteiger partial charge is 0.148 e. The molecule has 0 radical (unpaired) electrons. The molecule has 0 aliphatic heterocycles. The molecule has 54 valence electrons. The van der Waals surface area contributed by atoms with E-state index in [1.54, 1.807) is 0 Å². The fraction of sp³-hybridized carbons (Fsp3) is 0.286. The summed E-state index contributed by atoms with van der Waals surface area (Å²) in [5.74, 6) is 1.58. The van der Waals surface area contributed by atoms with Crippen LogP contribution in [0.4, 0.5) is 0 Å². The minimum atomic E-state index is 0.708. The van der Waals surface area contributed by atoms with E-state index in [1.165, 1.54) is 13.3 Å². The van der Waals surface area contributed by atoms with E-state index in [0.29, 0.717) is 5.76 Å². The van der Waals surface area contributed by atoms with Gasteiger partial charge in [0.15, 0.2) is 0 Å². The first-order chi connectivity index (χ1) is 4.83. The largest absolute Gasteiger partial charge is 0.460 e. The zero-order chi connectivity index (χ0) is 7.40. The number of furan rings is 1. The van der Waals surface area contributed by atoms with Crippen LogP contribution >= 0.6 is 0 Å². The van der Waals surface area contributed by atoms with Crippen molar-refractivity contribution in [2.45, 2.75) is 6.92 Å². The molecule has 0 bridgehead atoms. The van der Waals surface area contributed by atoms with E-state index in [4.69, 9.17) is 4.42 Å². The Bertz CT molecular complexity index is 227. The highest BCUT2D eigenvalue weighted by Gasteiger charge is 1.91. The Kier molecular flexibility index (Phi) is 2.10. The van der Waals surface area contributed by atoms with Crippen LogP contribution in [-0.2, 0) is 4.84 Å². The van der Waals surface area contributed by atoms with Gasteiger partial charge >= 0.3 is 0 Å². The van der Waals surface area contributed by atoms with E-state index >= 15 is 0 Å². The van der Waals surface area contributed by atoms with Crippen molar-refractivity contribution in [3.63, 3.8) is 0 Å². The molecule has 1 aromatic heterocycles. The summed E-state index contributed by atoms with van der Waals surface area (Å²) in [6.07, 6.45) is 1.52. The summed E-state index contributed by atoms with van der Waals surface area (Å²) in [4.78, 5) is 4.46. The van der Waals surface area contributed by atoms with Crippen molar-refractivity contribution >= 4 is 6.21 Å². The third kappa shape index (κ3) is 1.62. The quantitative estimate of drug-likeness (QED) is 0.460. The first kappa shape index (κ1) is 6.86. The molecule has 0 atom stereocenters. The molecule has 0 aliphatic carbocycles. The van der Waals surface area contributed by atoms with Crippen molar-refractivity contribution < 1.29 is 9.25 Å². The lowest BCUT2D eigenvalue weighted by Gasteiger charge is -1.83. The van der Waals surface area contributed by atoms with Crippen molar-refractivity contribution in [2.75, 3.05) is 7.11 Å². The van der Waals surface area contributed by atoms with Crippen LogP contribution < -0.4 is 0 Å². The summed E-state index contributed by atoms with van der Waals surface area (Å²) >= 11 is 0. The minimum absolute atomic E-state index is 0.708. The van der Waals surface area contributed by atoms with Gasteiger partial charge in [-0.25, -0.2) is 0 Å². The molecule has 0 saturated carbocycles. The Labute approximate surface area is 59.3 Å². The van der Waals surface area contributed by atoms with Gasteiger partial charge in [0.05, 0.1) is 0 Å². The van der Waals surface area contributed by atoms with Gasteiger partial charge in [-0.2, -0.15) is 0 Å². The third-order valence-corrected chi connectivity index (χ3v) is 1.05. The van der Waals surface area contributed by atoms with Gasteiger partial charge in [-0.3, -0.25) is 0 Å². The summed E-state index contributed by atoms with van der Waals surface area (Å²) in [5.41, 5.74) is 0. The number of nitrogens with zero attached hydrogens (tertiary/aromatic N) is 1. The fourth-order valence-corrected chi connectivity index (χ4v) is 0.627. The molecule has 10 heavy (non-hydrogen) atoms. The molecule has 0 spiro atoms. The van der Waals surface area contributed by atoms with E-state index in [1.807, 2.05) is 19.1 Å². The number of hydrogen-bond acceptors (Lipinski definition) is 3. The molecule has 1 rings (SSSR count). The topological polar surface area (TPSA) is 34.7 Å². The highest BCUT2D eigenvalue weighted by molar-refractivity contribution is 5.75. The van der Waals surface area contributed by atoms with Gasteiger partial charge in [-0.05, 0) is 19.1 Å². The second-order valence-corrected chi connectivity index (χ2v) is 1.87. The predicted molar refractivity (Wildman–Crippen MR) is 38.0 cm³/mol. The first-order valence-electron chi connectivity index (χ1n) is 2.96. The molecule has 1 aromatic rings. The Morgan fingerprint density at radius 2 is 2.40 bits per heavy atom. The maximum absolute atomic E-state index is 5.16. The monoisotopic (exact) mass is 139 g/mol. The van der Waals surface area contributed by atoms with Crippen molar-refractivity contribution in [2.24, 2.45) is 5.16 Å². The maximum atomic E-state index is 5.16. The van der Waals surface area contributed by atoms with E-state index in [0.717, 1.165) is 5.76 Å². The molecule has 0 amide bonds. The molecule has 0 saturated heterocycles. The summed E-state index contributed by atoms with van der Waals surface area (Å²) in [6.45, 7) is 1.88. The SMILES string of the molecule is CON=Cc1ccc(C)o1. The molecule has 0 N–H and O–H groups in total. The summed E-state index contributed by atoms with van der Waals surface area (Å²) in [5, 5.41) is 3.54. The van der Waals surface area contributed by atoms with Crippen molar-refractivity contribution in [3.05, 3.63) is 23.7 Å². The third-order valence-electron chi connectivity index (χ3n) is 1.05. The van der Waals surface area contributed by atoms with Crippen LogP contribution in [0.1, 0.15) is 11.5 Å². The van der Waals surface area contributed by atoms with Crippen LogP contribution in [0.3, 0.4) is 0 Å². The van der Waals surface area contributed by atoms with Crippen LogP contribution in [-0.4, -0.2) is 13.3 Å². The molecule has 0 fully saturated rings. The average molecular weight is 139 g/mol. The van der Waals surface area contributed by atoms with E-state index < -0.39 is 0 Å². The molecular formula is C7H9NO2. The normalized spacial score (nSPS) is 10.6. The summed E-state index contributed by atoms with van der Waals surface area (Å²) in [6, 6.07) is 3.70. The highest BCUT2D eigenvalue weighted by atomic mass is 16.6. The first-order valence-corrected chi connectivity index (χ1v) is 2.96. The van der Waals surface area contributed by atoms with Gasteiger partial charge in [-0.1, -0.05) is 5.16 Å². The molecule has 0 aromatic carbocycles. The van der Waals surface area contributed by atoms with E-state index in [2.05, 4.69) is 9.99 Å². The Morgan fingerprint density at radius 3 is 2.90 bits per heavy atom. The second kappa shape index (κ2) is 3.06. The lowest BCUT2D eigenvalue weighted by Crippen LogP contribution is -1.75. The van der Waals surface area contributed by atoms with Crippen LogP contribution in [0.25, 0.3) is 0 Å². The molecule has 0 aliphatic rings.